The molecule has 0 fully saturated rings. The average molecular weight is 358 g/mol. The maximum atomic E-state index is 12.5. The van der Waals surface area contributed by atoms with Crippen molar-refractivity contribution in [1.82, 2.24) is 0 Å². The van der Waals surface area contributed by atoms with Gasteiger partial charge >= 0.3 is 0 Å². The van der Waals surface area contributed by atoms with Crippen LogP contribution in [0.1, 0.15) is 52.5 Å². The summed E-state index contributed by atoms with van der Waals surface area (Å²) in [6.07, 6.45) is -0.706. The summed E-state index contributed by atoms with van der Waals surface area (Å²) in [6.45, 7) is 4.10. The van der Waals surface area contributed by atoms with Crippen molar-refractivity contribution in [1.29, 1.82) is 0 Å². The Morgan fingerprint density at radius 1 is 0.960 bits per heavy atom. The van der Waals surface area contributed by atoms with E-state index in [1.165, 1.54) is 24.3 Å². The summed E-state index contributed by atoms with van der Waals surface area (Å²) in [4.78, 5) is 24.5. The minimum atomic E-state index is -4.22. The summed E-state index contributed by atoms with van der Waals surface area (Å²) >= 11 is 0. The smallest absolute Gasteiger partial charge is 0.291 e. The largest absolute Gasteiger partial charge is 0.298 e. The van der Waals surface area contributed by atoms with Gasteiger partial charge in [0.05, 0.1) is 4.90 Å². The van der Waals surface area contributed by atoms with Crippen LogP contribution in [-0.2, 0) is 14.3 Å². The van der Waals surface area contributed by atoms with E-state index < -0.39 is 27.8 Å². The standard InChI is InChI=1S/C19H18O5S/c1-3-12(2)13-8-10-14(11-9-13)25(22,23)24-19-17(20)15-6-4-5-7-16(15)18(19)21/h4-12,19H,3H2,1-2H3. The minimum Gasteiger partial charge on any atom is -0.291 e. The zero-order valence-corrected chi connectivity index (χ0v) is 14.7. The van der Waals surface area contributed by atoms with E-state index in [0.29, 0.717) is 5.92 Å². The van der Waals surface area contributed by atoms with Gasteiger partial charge in [-0.05, 0) is 30.0 Å². The van der Waals surface area contributed by atoms with Crippen LogP contribution in [0.5, 0.6) is 0 Å². The average Bonchev–Trinajstić information content (AvgIpc) is 2.86. The first-order valence-electron chi connectivity index (χ1n) is 8.06. The van der Waals surface area contributed by atoms with E-state index in [4.69, 9.17) is 4.18 Å². The summed E-state index contributed by atoms with van der Waals surface area (Å²) in [7, 11) is -4.22. The van der Waals surface area contributed by atoms with Crippen molar-refractivity contribution in [3.8, 4) is 0 Å². The fourth-order valence-electron chi connectivity index (χ4n) is 2.78. The molecule has 1 atom stereocenters. The lowest BCUT2D eigenvalue weighted by molar-refractivity contribution is 0.0712. The van der Waals surface area contributed by atoms with Gasteiger partial charge in [0, 0.05) is 11.1 Å². The monoisotopic (exact) mass is 358 g/mol. The second-order valence-corrected chi connectivity index (χ2v) is 7.65. The molecule has 0 bridgehead atoms. The van der Waals surface area contributed by atoms with Crippen LogP contribution in [0.2, 0.25) is 0 Å². The highest BCUT2D eigenvalue weighted by Gasteiger charge is 2.42. The molecule has 2 aromatic carbocycles. The second-order valence-electron chi connectivity index (χ2n) is 6.08. The molecule has 0 heterocycles. The Balaban J connectivity index is 1.85. The predicted molar refractivity (Wildman–Crippen MR) is 92.3 cm³/mol. The number of Topliss-reactive ketones (excluding diaryl/α,β-unsaturated/α-hetero) is 2. The summed E-state index contributed by atoms with van der Waals surface area (Å²) in [5, 5.41) is 0. The Labute approximate surface area is 146 Å². The summed E-state index contributed by atoms with van der Waals surface area (Å²) < 4.78 is 29.9. The molecule has 1 aliphatic rings. The molecule has 0 saturated carbocycles. The molecule has 0 saturated heterocycles. The quantitative estimate of drug-likeness (QED) is 0.605. The molecule has 1 aliphatic carbocycles. The fraction of sp³-hybridized carbons (Fsp3) is 0.263. The third kappa shape index (κ3) is 3.15. The number of carbonyl (C=O) groups is 2. The highest BCUT2D eigenvalue weighted by atomic mass is 32.2. The van der Waals surface area contributed by atoms with Gasteiger partial charge in [0.15, 0.2) is 0 Å². The van der Waals surface area contributed by atoms with Crippen molar-refractivity contribution in [2.45, 2.75) is 37.2 Å². The lowest BCUT2D eigenvalue weighted by Crippen LogP contribution is -2.29. The van der Waals surface area contributed by atoms with Crippen LogP contribution in [0, 0.1) is 0 Å². The number of rotatable bonds is 5. The summed E-state index contributed by atoms with van der Waals surface area (Å²) in [5.41, 5.74) is 1.40. The lowest BCUT2D eigenvalue weighted by Gasteiger charge is -2.12. The highest BCUT2D eigenvalue weighted by molar-refractivity contribution is 7.86. The molecule has 25 heavy (non-hydrogen) atoms. The Hall–Kier alpha value is -2.31. The first-order chi connectivity index (χ1) is 11.8. The third-order valence-electron chi connectivity index (χ3n) is 4.51. The highest BCUT2D eigenvalue weighted by Crippen LogP contribution is 2.28. The van der Waals surface area contributed by atoms with Crippen molar-refractivity contribution in [2.75, 3.05) is 0 Å². The maximum absolute atomic E-state index is 12.5. The van der Waals surface area contributed by atoms with Gasteiger partial charge in [-0.1, -0.05) is 50.2 Å². The normalized spacial score (nSPS) is 16.1. The molecule has 0 aromatic heterocycles. The third-order valence-corrected chi connectivity index (χ3v) is 5.80. The number of hydrogen-bond donors (Lipinski definition) is 0. The Bertz CT molecular complexity index is 894. The zero-order valence-electron chi connectivity index (χ0n) is 13.9. The van der Waals surface area contributed by atoms with Crippen molar-refractivity contribution >= 4 is 21.7 Å². The topological polar surface area (TPSA) is 77.5 Å². The van der Waals surface area contributed by atoms with Gasteiger partial charge in [0.2, 0.25) is 17.7 Å². The SMILES string of the molecule is CCC(C)c1ccc(S(=O)(=O)OC2C(=O)c3ccccc3C2=O)cc1. The van der Waals surface area contributed by atoms with E-state index in [0.717, 1.165) is 12.0 Å². The van der Waals surface area contributed by atoms with E-state index in [1.807, 2.05) is 13.8 Å². The lowest BCUT2D eigenvalue weighted by atomic mass is 9.99. The number of hydrogen-bond acceptors (Lipinski definition) is 5. The predicted octanol–water partition coefficient (Wildman–Crippen LogP) is 3.35. The van der Waals surface area contributed by atoms with Crippen LogP contribution in [0.3, 0.4) is 0 Å². The van der Waals surface area contributed by atoms with Crippen LogP contribution in [0.15, 0.2) is 53.4 Å². The van der Waals surface area contributed by atoms with Crippen LogP contribution in [-0.4, -0.2) is 26.1 Å². The van der Waals surface area contributed by atoms with Crippen molar-refractivity contribution in [2.24, 2.45) is 0 Å². The van der Waals surface area contributed by atoms with Gasteiger partial charge in [0.1, 0.15) is 0 Å². The molecule has 0 N–H and O–H groups in total. The minimum absolute atomic E-state index is 0.0730. The first-order valence-corrected chi connectivity index (χ1v) is 9.46. The van der Waals surface area contributed by atoms with E-state index >= 15 is 0 Å². The zero-order chi connectivity index (χ0) is 18.2. The van der Waals surface area contributed by atoms with Crippen LogP contribution >= 0.6 is 0 Å². The fourth-order valence-corrected chi connectivity index (χ4v) is 3.79. The van der Waals surface area contributed by atoms with E-state index in [9.17, 15) is 18.0 Å². The van der Waals surface area contributed by atoms with Crippen molar-refractivity contribution < 1.29 is 22.2 Å². The molecule has 1 unspecified atom stereocenters. The molecule has 0 radical (unpaired) electrons. The number of ketones is 2. The van der Waals surface area contributed by atoms with Crippen LogP contribution in [0.25, 0.3) is 0 Å². The Morgan fingerprint density at radius 3 is 1.96 bits per heavy atom. The van der Waals surface area contributed by atoms with Gasteiger partial charge in [-0.3, -0.25) is 9.59 Å². The molecule has 3 rings (SSSR count). The number of fused-ring (bicyclic) bond motifs is 1. The van der Waals surface area contributed by atoms with E-state index in [-0.39, 0.29) is 16.0 Å². The summed E-state index contributed by atoms with van der Waals surface area (Å²) in [6, 6.07) is 12.5. The molecule has 0 aliphatic heterocycles. The summed E-state index contributed by atoms with van der Waals surface area (Å²) in [5.74, 6) is -0.939. The van der Waals surface area contributed by atoms with Crippen LogP contribution in [0.4, 0.5) is 0 Å². The molecule has 130 valence electrons. The van der Waals surface area contributed by atoms with Gasteiger partial charge < -0.3 is 0 Å². The Morgan fingerprint density at radius 2 is 1.48 bits per heavy atom. The van der Waals surface area contributed by atoms with Gasteiger partial charge in [-0.15, -0.1) is 0 Å². The molecule has 0 spiro atoms. The number of benzene rings is 2. The van der Waals surface area contributed by atoms with Gasteiger partial charge in [-0.2, -0.15) is 8.42 Å². The number of carbonyl (C=O) groups excluding carboxylic acids is 2. The molecule has 5 nitrogen and oxygen atoms in total. The van der Waals surface area contributed by atoms with E-state index in [2.05, 4.69) is 0 Å². The molecule has 6 heteroatoms. The van der Waals surface area contributed by atoms with Crippen molar-refractivity contribution in [3.05, 3.63) is 65.2 Å². The molecular weight excluding hydrogens is 340 g/mol. The Kier molecular flexibility index (Phi) is 4.58. The molecule has 0 amide bonds. The maximum Gasteiger partial charge on any atom is 0.298 e. The second kappa shape index (κ2) is 6.54. The first kappa shape index (κ1) is 17.5. The van der Waals surface area contributed by atoms with Gasteiger partial charge in [0.25, 0.3) is 10.1 Å². The van der Waals surface area contributed by atoms with Crippen LogP contribution < -0.4 is 0 Å². The van der Waals surface area contributed by atoms with E-state index in [1.54, 1.807) is 24.3 Å². The molecule has 2 aromatic rings. The molecular formula is C19H18O5S. The van der Waals surface area contributed by atoms with Crippen molar-refractivity contribution in [3.63, 3.8) is 0 Å². The van der Waals surface area contributed by atoms with Gasteiger partial charge in [-0.25, -0.2) is 4.18 Å².